The summed E-state index contributed by atoms with van der Waals surface area (Å²) in [7, 11) is 0. The number of piperazine rings is 1. The minimum Gasteiger partial charge on any atom is -0.493 e. The van der Waals surface area contributed by atoms with Gasteiger partial charge in [0.25, 0.3) is 11.8 Å². The van der Waals surface area contributed by atoms with Crippen molar-refractivity contribution in [2.75, 3.05) is 45.9 Å². The third-order valence-electron chi connectivity index (χ3n) is 7.14. The predicted molar refractivity (Wildman–Crippen MR) is 156 cm³/mol. The quantitative estimate of drug-likeness (QED) is 0.262. The summed E-state index contributed by atoms with van der Waals surface area (Å²) in [6.45, 7) is 4.23. The van der Waals surface area contributed by atoms with Gasteiger partial charge in [-0.2, -0.15) is 10.2 Å². The highest BCUT2D eigenvalue weighted by Crippen LogP contribution is 2.26. The van der Waals surface area contributed by atoms with E-state index in [1.807, 2.05) is 41.3 Å². The number of aromatic nitrogens is 2. The minimum atomic E-state index is -0.493. The lowest BCUT2D eigenvalue weighted by atomic mass is 10.1. The fourth-order valence-corrected chi connectivity index (χ4v) is 4.74. The van der Waals surface area contributed by atoms with Crippen molar-refractivity contribution in [2.45, 2.75) is 12.8 Å². The van der Waals surface area contributed by atoms with Gasteiger partial charge < -0.3 is 19.5 Å². The summed E-state index contributed by atoms with van der Waals surface area (Å²) in [5.74, 6) is 0.166. The van der Waals surface area contributed by atoms with Crippen LogP contribution < -0.4 is 10.1 Å². The maximum absolute atomic E-state index is 14.8. The maximum atomic E-state index is 14.8. The van der Waals surface area contributed by atoms with Gasteiger partial charge in [-0.1, -0.05) is 23.4 Å². The van der Waals surface area contributed by atoms with Crippen LogP contribution in [0.25, 0.3) is 22.8 Å². The van der Waals surface area contributed by atoms with Gasteiger partial charge in [-0.3, -0.25) is 14.5 Å². The molecule has 1 fully saturated rings. The monoisotopic (exact) mass is 582 g/mol. The van der Waals surface area contributed by atoms with Crippen molar-refractivity contribution >= 4 is 11.8 Å². The number of ether oxygens (including phenoxy) is 1. The van der Waals surface area contributed by atoms with Crippen LogP contribution in [0.15, 0.2) is 77.3 Å². The second-order valence-electron chi connectivity index (χ2n) is 10.1. The summed E-state index contributed by atoms with van der Waals surface area (Å²) in [6, 6.07) is 22.3. The molecule has 0 atom stereocenters. The third-order valence-corrected chi connectivity index (χ3v) is 7.14. The van der Waals surface area contributed by atoms with Gasteiger partial charge in [0.15, 0.2) is 0 Å². The molecule has 10 nitrogen and oxygen atoms in total. The Balaban J connectivity index is 0.982. The number of benzene rings is 3. The molecule has 4 aromatic rings. The van der Waals surface area contributed by atoms with Crippen molar-refractivity contribution in [1.82, 2.24) is 25.3 Å². The number of halogens is 1. The molecule has 0 radical (unpaired) electrons. The lowest BCUT2D eigenvalue weighted by Gasteiger charge is -2.34. The van der Waals surface area contributed by atoms with Crippen LogP contribution in [0, 0.1) is 17.1 Å². The van der Waals surface area contributed by atoms with Crippen molar-refractivity contribution < 1.29 is 23.2 Å². The summed E-state index contributed by atoms with van der Waals surface area (Å²) < 4.78 is 25.8. The molecule has 1 N–H and O–H groups in total. The van der Waals surface area contributed by atoms with Crippen LogP contribution in [0.4, 0.5) is 4.39 Å². The van der Waals surface area contributed by atoms with Gasteiger partial charge in [-0.15, -0.1) is 0 Å². The molecule has 0 unspecified atom stereocenters. The number of carbonyl (C=O) groups is 2. The number of hydrogen-bond acceptors (Lipinski definition) is 8. The van der Waals surface area contributed by atoms with E-state index >= 15 is 0 Å². The first kappa shape index (κ1) is 29.4. The maximum Gasteiger partial charge on any atom is 0.258 e. The molecule has 0 saturated carbocycles. The molecule has 1 aromatic heterocycles. The normalized spacial score (nSPS) is 13.3. The van der Waals surface area contributed by atoms with Crippen LogP contribution in [-0.4, -0.2) is 77.6 Å². The zero-order valence-corrected chi connectivity index (χ0v) is 23.5. The largest absolute Gasteiger partial charge is 0.493 e. The smallest absolute Gasteiger partial charge is 0.258 e. The standard InChI is InChI=1S/C32H31FN6O4/c33-28-21-26(11-12-27(28)30-36-32(43-37-30)25-5-2-1-3-6-25)42-20-4-15-38-16-18-39(19-17-38)29(40)13-14-35-31(41)24-9-7-23(22-34)8-10-24/h1-3,5-12,21H,4,13-20H2,(H,35,41). The Morgan fingerprint density at radius 2 is 1.79 bits per heavy atom. The lowest BCUT2D eigenvalue weighted by molar-refractivity contribution is -0.132. The number of nitrogens with zero attached hydrogens (tertiary/aromatic N) is 5. The van der Waals surface area contributed by atoms with Crippen LogP contribution in [-0.2, 0) is 4.79 Å². The van der Waals surface area contributed by atoms with Crippen LogP contribution in [0.3, 0.4) is 0 Å². The average Bonchev–Trinajstić information content (AvgIpc) is 3.54. The molecule has 1 aliphatic heterocycles. The first-order valence-electron chi connectivity index (χ1n) is 14.1. The van der Waals surface area contributed by atoms with E-state index in [9.17, 15) is 14.0 Å². The highest BCUT2D eigenvalue weighted by atomic mass is 19.1. The van der Waals surface area contributed by atoms with Crippen molar-refractivity contribution in [3.63, 3.8) is 0 Å². The Kier molecular flexibility index (Phi) is 9.71. The Morgan fingerprint density at radius 3 is 2.51 bits per heavy atom. The molecule has 3 aromatic carbocycles. The Hall–Kier alpha value is -5.08. The summed E-state index contributed by atoms with van der Waals surface area (Å²) >= 11 is 0. The van der Waals surface area contributed by atoms with Crippen molar-refractivity contribution in [2.24, 2.45) is 0 Å². The van der Waals surface area contributed by atoms with E-state index in [-0.39, 0.29) is 36.2 Å². The number of nitriles is 1. The first-order chi connectivity index (χ1) is 21.0. The van der Waals surface area contributed by atoms with Crippen LogP contribution in [0.2, 0.25) is 0 Å². The van der Waals surface area contributed by atoms with E-state index in [4.69, 9.17) is 14.5 Å². The number of carbonyl (C=O) groups excluding carboxylic acids is 2. The van der Waals surface area contributed by atoms with E-state index in [0.717, 1.165) is 31.6 Å². The zero-order valence-electron chi connectivity index (χ0n) is 23.5. The molecule has 43 heavy (non-hydrogen) atoms. The van der Waals surface area contributed by atoms with Crippen LogP contribution >= 0.6 is 0 Å². The van der Waals surface area contributed by atoms with Crippen molar-refractivity contribution in [1.29, 1.82) is 5.26 Å². The number of nitrogens with one attached hydrogen (secondary N) is 1. The first-order valence-corrected chi connectivity index (χ1v) is 14.1. The number of hydrogen-bond donors (Lipinski definition) is 1. The van der Waals surface area contributed by atoms with Gasteiger partial charge in [0, 0.05) is 62.9 Å². The molecular formula is C32H31FN6O4. The van der Waals surface area contributed by atoms with Gasteiger partial charge >= 0.3 is 0 Å². The zero-order chi connectivity index (χ0) is 30.0. The lowest BCUT2D eigenvalue weighted by Crippen LogP contribution is -2.49. The van der Waals surface area contributed by atoms with Crippen LogP contribution in [0.5, 0.6) is 5.75 Å². The van der Waals surface area contributed by atoms with Gasteiger partial charge in [0.1, 0.15) is 11.6 Å². The molecule has 2 heterocycles. The summed E-state index contributed by atoms with van der Waals surface area (Å²) in [5.41, 5.74) is 1.93. The van der Waals surface area contributed by atoms with Crippen molar-refractivity contribution in [3.8, 4) is 34.7 Å². The van der Waals surface area contributed by atoms with Gasteiger partial charge in [-0.25, -0.2) is 4.39 Å². The van der Waals surface area contributed by atoms with Crippen LogP contribution in [0.1, 0.15) is 28.8 Å². The fourth-order valence-electron chi connectivity index (χ4n) is 4.74. The Bertz CT molecular complexity index is 1580. The van der Waals surface area contributed by atoms with E-state index in [0.29, 0.717) is 42.5 Å². The highest BCUT2D eigenvalue weighted by Gasteiger charge is 2.21. The predicted octanol–water partition coefficient (Wildman–Crippen LogP) is 4.15. The summed E-state index contributed by atoms with van der Waals surface area (Å²) in [4.78, 5) is 33.2. The van der Waals surface area contributed by atoms with E-state index in [1.165, 1.54) is 6.07 Å². The van der Waals surface area contributed by atoms with E-state index < -0.39 is 5.82 Å². The number of rotatable bonds is 11. The second-order valence-corrected chi connectivity index (χ2v) is 10.1. The third kappa shape index (κ3) is 7.81. The Labute approximate surface area is 248 Å². The second kappa shape index (κ2) is 14.2. The highest BCUT2D eigenvalue weighted by molar-refractivity contribution is 5.94. The minimum absolute atomic E-state index is 0.00527. The molecule has 2 amide bonds. The topological polar surface area (TPSA) is 125 Å². The van der Waals surface area contributed by atoms with Gasteiger partial charge in [0.05, 0.1) is 23.8 Å². The molecule has 220 valence electrons. The SMILES string of the molecule is N#Cc1ccc(C(=O)NCCC(=O)N2CCN(CCCOc3ccc(-c4noc(-c5ccccc5)n4)c(F)c3)CC2)cc1. The molecule has 1 saturated heterocycles. The summed E-state index contributed by atoms with van der Waals surface area (Å²) in [6.07, 6.45) is 0.982. The van der Waals surface area contributed by atoms with E-state index in [1.54, 1.807) is 36.4 Å². The molecular weight excluding hydrogens is 551 g/mol. The molecule has 11 heteroatoms. The van der Waals surface area contributed by atoms with Crippen molar-refractivity contribution in [3.05, 3.63) is 89.7 Å². The van der Waals surface area contributed by atoms with Gasteiger partial charge in [0.2, 0.25) is 11.7 Å². The molecule has 0 bridgehead atoms. The molecule has 1 aliphatic rings. The fraction of sp³-hybridized carbons (Fsp3) is 0.281. The molecule has 5 rings (SSSR count). The van der Waals surface area contributed by atoms with Gasteiger partial charge in [-0.05, 0) is 55.0 Å². The molecule has 0 spiro atoms. The average molecular weight is 583 g/mol. The number of amides is 2. The Morgan fingerprint density at radius 1 is 1.02 bits per heavy atom. The molecule has 0 aliphatic carbocycles. The summed E-state index contributed by atoms with van der Waals surface area (Å²) in [5, 5.41) is 15.5. The van der Waals surface area contributed by atoms with E-state index in [2.05, 4.69) is 20.4 Å².